The molecule has 0 aliphatic heterocycles. The van der Waals surface area contributed by atoms with E-state index in [1.807, 2.05) is 0 Å². The summed E-state index contributed by atoms with van der Waals surface area (Å²) >= 11 is 0. The van der Waals surface area contributed by atoms with Crippen molar-refractivity contribution in [1.29, 1.82) is 10.5 Å². The van der Waals surface area contributed by atoms with E-state index in [9.17, 15) is 0 Å². The quantitative estimate of drug-likeness (QED) is 0.796. The number of rotatable bonds is 5. The van der Waals surface area contributed by atoms with E-state index in [1.54, 1.807) is 25.3 Å². The van der Waals surface area contributed by atoms with Crippen LogP contribution in [0.2, 0.25) is 0 Å². The van der Waals surface area contributed by atoms with Gasteiger partial charge in [-0.2, -0.15) is 10.5 Å². The van der Waals surface area contributed by atoms with Crippen molar-refractivity contribution in [3.05, 3.63) is 23.8 Å². The first kappa shape index (κ1) is 12.3. The Morgan fingerprint density at radius 3 is 2.50 bits per heavy atom. The molecule has 92 valence electrons. The molecule has 0 bridgehead atoms. The van der Waals surface area contributed by atoms with E-state index in [0.717, 1.165) is 12.8 Å². The molecule has 0 atom stereocenters. The average Bonchev–Trinajstić information content (AvgIpc) is 3.16. The maximum Gasteiger partial charge on any atom is 0.124 e. The Kier molecular flexibility index (Phi) is 3.39. The molecule has 1 aliphatic rings. The Morgan fingerprint density at radius 1 is 1.22 bits per heavy atom. The van der Waals surface area contributed by atoms with Crippen molar-refractivity contribution in [3.8, 4) is 23.6 Å². The molecule has 1 aliphatic carbocycles. The number of hydrogen-bond donors (Lipinski definition) is 0. The maximum atomic E-state index is 8.90. The summed E-state index contributed by atoms with van der Waals surface area (Å²) in [5.74, 6) is 1.23. The molecule has 1 aromatic carbocycles. The van der Waals surface area contributed by atoms with Crippen LogP contribution in [0.3, 0.4) is 0 Å². The second-order valence-corrected chi connectivity index (χ2v) is 4.63. The standard InChI is InChI=1S/C14H14N2O2/c1-17-12-6-11(9-16)7-13(8-12)18-10-14(2-3-14)4-5-15/h6-8H,2-4,10H2,1H3. The molecule has 1 saturated carbocycles. The van der Waals surface area contributed by atoms with Crippen LogP contribution < -0.4 is 9.47 Å². The molecule has 4 nitrogen and oxygen atoms in total. The highest BCUT2D eigenvalue weighted by molar-refractivity contribution is 5.43. The predicted octanol–water partition coefficient (Wildman–Crippen LogP) is 2.64. The van der Waals surface area contributed by atoms with Gasteiger partial charge in [-0.15, -0.1) is 0 Å². The molecular formula is C14H14N2O2. The Hall–Kier alpha value is -2.20. The highest BCUT2D eigenvalue weighted by Gasteiger charge is 2.43. The Bertz CT molecular complexity index is 522. The smallest absolute Gasteiger partial charge is 0.124 e. The molecule has 4 heteroatoms. The van der Waals surface area contributed by atoms with Gasteiger partial charge in [0.1, 0.15) is 11.5 Å². The number of hydrogen-bond acceptors (Lipinski definition) is 4. The van der Waals surface area contributed by atoms with Crippen molar-refractivity contribution in [2.24, 2.45) is 5.41 Å². The van der Waals surface area contributed by atoms with E-state index >= 15 is 0 Å². The monoisotopic (exact) mass is 242 g/mol. The summed E-state index contributed by atoms with van der Waals surface area (Å²) in [5, 5.41) is 17.6. The second kappa shape index (κ2) is 4.98. The normalized spacial score (nSPS) is 15.3. The SMILES string of the molecule is COc1cc(C#N)cc(OCC2(CC#N)CC2)c1. The molecule has 0 spiro atoms. The van der Waals surface area contributed by atoms with Crippen molar-refractivity contribution >= 4 is 0 Å². The van der Waals surface area contributed by atoms with Crippen LogP contribution in [0.15, 0.2) is 18.2 Å². The average molecular weight is 242 g/mol. The van der Waals surface area contributed by atoms with Crippen molar-refractivity contribution in [2.75, 3.05) is 13.7 Å². The van der Waals surface area contributed by atoms with Crippen LogP contribution in [0.25, 0.3) is 0 Å². The molecule has 1 fully saturated rings. The van der Waals surface area contributed by atoms with Gasteiger partial charge in [0.05, 0.1) is 31.4 Å². The van der Waals surface area contributed by atoms with Gasteiger partial charge < -0.3 is 9.47 Å². The van der Waals surface area contributed by atoms with E-state index in [2.05, 4.69) is 12.1 Å². The van der Waals surface area contributed by atoms with Crippen LogP contribution >= 0.6 is 0 Å². The third-order valence-electron chi connectivity index (χ3n) is 3.20. The van der Waals surface area contributed by atoms with Crippen LogP contribution in [0.1, 0.15) is 24.8 Å². The van der Waals surface area contributed by atoms with Crippen molar-refractivity contribution in [1.82, 2.24) is 0 Å². The predicted molar refractivity (Wildman–Crippen MR) is 65.1 cm³/mol. The summed E-state index contributed by atoms with van der Waals surface area (Å²) in [6.07, 6.45) is 2.60. The topological polar surface area (TPSA) is 66.0 Å². The fourth-order valence-corrected chi connectivity index (χ4v) is 1.79. The second-order valence-electron chi connectivity index (χ2n) is 4.63. The lowest BCUT2D eigenvalue weighted by Gasteiger charge is -2.13. The zero-order chi connectivity index (χ0) is 13.0. The summed E-state index contributed by atoms with van der Waals surface area (Å²) in [6, 6.07) is 9.36. The highest BCUT2D eigenvalue weighted by atomic mass is 16.5. The van der Waals surface area contributed by atoms with E-state index in [0.29, 0.717) is 30.1 Å². The number of nitrogens with zero attached hydrogens (tertiary/aromatic N) is 2. The van der Waals surface area contributed by atoms with Gasteiger partial charge >= 0.3 is 0 Å². The van der Waals surface area contributed by atoms with Gasteiger partial charge in [0.15, 0.2) is 0 Å². The molecule has 2 rings (SSSR count). The van der Waals surface area contributed by atoms with Gasteiger partial charge in [0.2, 0.25) is 0 Å². The van der Waals surface area contributed by atoms with E-state index in [1.165, 1.54) is 0 Å². The molecule has 0 aromatic heterocycles. The largest absolute Gasteiger partial charge is 0.497 e. The first-order chi connectivity index (χ1) is 8.71. The molecule has 0 saturated heterocycles. The minimum absolute atomic E-state index is 0.0324. The third kappa shape index (κ3) is 2.73. The lowest BCUT2D eigenvalue weighted by Crippen LogP contribution is -2.12. The van der Waals surface area contributed by atoms with E-state index in [-0.39, 0.29) is 5.41 Å². The van der Waals surface area contributed by atoms with Crippen LogP contribution in [-0.2, 0) is 0 Å². The lowest BCUT2D eigenvalue weighted by atomic mass is 10.1. The van der Waals surface area contributed by atoms with Crippen LogP contribution in [-0.4, -0.2) is 13.7 Å². The van der Waals surface area contributed by atoms with E-state index in [4.69, 9.17) is 20.0 Å². The van der Waals surface area contributed by atoms with Gasteiger partial charge in [0, 0.05) is 17.9 Å². The first-order valence-corrected chi connectivity index (χ1v) is 5.80. The molecule has 0 amide bonds. The molecule has 0 unspecified atom stereocenters. The summed E-state index contributed by atoms with van der Waals surface area (Å²) in [7, 11) is 1.55. The summed E-state index contributed by atoms with van der Waals surface area (Å²) in [5.41, 5.74) is 0.541. The minimum atomic E-state index is 0.0324. The molecule has 0 N–H and O–H groups in total. The van der Waals surface area contributed by atoms with Gasteiger partial charge in [-0.1, -0.05) is 0 Å². The Labute approximate surface area is 106 Å². The van der Waals surface area contributed by atoms with Gasteiger partial charge in [-0.3, -0.25) is 0 Å². The highest BCUT2D eigenvalue weighted by Crippen LogP contribution is 2.48. The number of benzene rings is 1. The Balaban J connectivity index is 2.06. The molecule has 0 heterocycles. The molecular weight excluding hydrogens is 228 g/mol. The van der Waals surface area contributed by atoms with Crippen LogP contribution in [0.4, 0.5) is 0 Å². The van der Waals surface area contributed by atoms with Gasteiger partial charge in [0.25, 0.3) is 0 Å². The fraction of sp³-hybridized carbons (Fsp3) is 0.429. The number of nitriles is 2. The van der Waals surface area contributed by atoms with Gasteiger partial charge in [-0.25, -0.2) is 0 Å². The Morgan fingerprint density at radius 2 is 1.94 bits per heavy atom. The lowest BCUT2D eigenvalue weighted by molar-refractivity contribution is 0.236. The van der Waals surface area contributed by atoms with Crippen LogP contribution in [0.5, 0.6) is 11.5 Å². The van der Waals surface area contributed by atoms with Crippen molar-refractivity contribution < 1.29 is 9.47 Å². The zero-order valence-electron chi connectivity index (χ0n) is 10.3. The summed E-state index contributed by atoms with van der Waals surface area (Å²) < 4.78 is 10.8. The fourth-order valence-electron chi connectivity index (χ4n) is 1.79. The van der Waals surface area contributed by atoms with Gasteiger partial charge in [-0.05, 0) is 25.0 Å². The molecule has 18 heavy (non-hydrogen) atoms. The summed E-state index contributed by atoms with van der Waals surface area (Å²) in [4.78, 5) is 0. The molecule has 1 aromatic rings. The van der Waals surface area contributed by atoms with Crippen LogP contribution in [0, 0.1) is 28.1 Å². The minimum Gasteiger partial charge on any atom is -0.497 e. The maximum absolute atomic E-state index is 8.90. The number of ether oxygens (including phenoxy) is 2. The first-order valence-electron chi connectivity index (χ1n) is 5.80. The molecule has 0 radical (unpaired) electrons. The van der Waals surface area contributed by atoms with Crippen molar-refractivity contribution in [2.45, 2.75) is 19.3 Å². The zero-order valence-corrected chi connectivity index (χ0v) is 10.3. The number of methoxy groups -OCH3 is 1. The van der Waals surface area contributed by atoms with E-state index < -0.39 is 0 Å². The summed E-state index contributed by atoms with van der Waals surface area (Å²) in [6.45, 7) is 0.526. The third-order valence-corrected chi connectivity index (χ3v) is 3.20. The van der Waals surface area contributed by atoms with Crippen molar-refractivity contribution in [3.63, 3.8) is 0 Å².